The van der Waals surface area contributed by atoms with Crippen molar-refractivity contribution in [2.75, 3.05) is 18.6 Å². The summed E-state index contributed by atoms with van der Waals surface area (Å²) in [7, 11) is 1.61. The zero-order valence-electron chi connectivity index (χ0n) is 20.6. The van der Waals surface area contributed by atoms with Gasteiger partial charge in [-0.1, -0.05) is 12.1 Å². The maximum atomic E-state index is 13.2. The molecule has 3 amide bonds. The van der Waals surface area contributed by atoms with Crippen molar-refractivity contribution in [1.29, 1.82) is 0 Å². The van der Waals surface area contributed by atoms with Crippen LogP contribution in [0.15, 0.2) is 42.5 Å². The highest BCUT2D eigenvalue weighted by atomic mass is 19.4. The first-order valence-corrected chi connectivity index (χ1v) is 12.5. The van der Waals surface area contributed by atoms with Crippen LogP contribution < -0.4 is 25.0 Å². The molecule has 7 nitrogen and oxygen atoms in total. The normalized spacial score (nSPS) is 24.4. The van der Waals surface area contributed by atoms with E-state index in [-0.39, 0.29) is 35.1 Å². The Hall–Kier alpha value is -3.43. The molecule has 0 saturated heterocycles. The van der Waals surface area contributed by atoms with E-state index in [0.29, 0.717) is 37.2 Å². The molecule has 0 bridgehead atoms. The number of hydrogen-bond acceptors (Lipinski definition) is 4. The number of fused-ring (bicyclic) bond motifs is 1. The molecule has 198 valence electrons. The molecule has 10 heteroatoms. The minimum atomic E-state index is -4.74. The van der Waals surface area contributed by atoms with Gasteiger partial charge in [-0.05, 0) is 85.4 Å². The largest absolute Gasteiger partial charge is 0.573 e. The standard InChI is InChI=1S/C27H30F3N3O4/c1-36-21-6-4-17(5-7-21)16-31-25(35)32-20-14-26(15-20)12-19(13-26)24(34)33-10-2-3-18-11-22(8-9-23(18)33)37-27(28,29)30/h4-9,11,19-20H,2-3,10,12-16H2,1H3,(H2,31,32,35). The zero-order chi connectivity index (χ0) is 26.2. The number of ether oxygens (including phenoxy) is 2. The Morgan fingerprint density at radius 3 is 2.43 bits per heavy atom. The number of benzene rings is 2. The number of anilines is 1. The van der Waals surface area contributed by atoms with E-state index in [2.05, 4.69) is 15.4 Å². The van der Waals surface area contributed by atoms with Crippen molar-refractivity contribution < 1.29 is 32.2 Å². The van der Waals surface area contributed by atoms with Crippen LogP contribution in [0.4, 0.5) is 23.7 Å². The van der Waals surface area contributed by atoms with Crippen molar-refractivity contribution in [1.82, 2.24) is 10.6 Å². The van der Waals surface area contributed by atoms with Crippen LogP contribution in [0, 0.1) is 11.3 Å². The van der Waals surface area contributed by atoms with Crippen LogP contribution in [0.5, 0.6) is 11.5 Å². The topological polar surface area (TPSA) is 79.9 Å². The van der Waals surface area contributed by atoms with Gasteiger partial charge in [-0.3, -0.25) is 4.79 Å². The quantitative estimate of drug-likeness (QED) is 0.570. The Morgan fingerprint density at radius 2 is 1.76 bits per heavy atom. The number of amides is 3. The molecule has 0 unspecified atom stereocenters. The molecular weight excluding hydrogens is 487 g/mol. The highest BCUT2D eigenvalue weighted by Gasteiger charge is 2.55. The summed E-state index contributed by atoms with van der Waals surface area (Å²) in [5, 5.41) is 5.88. The molecule has 37 heavy (non-hydrogen) atoms. The Labute approximate surface area is 213 Å². The number of nitrogens with one attached hydrogen (secondary N) is 2. The fourth-order valence-electron chi connectivity index (χ4n) is 5.96. The molecule has 0 atom stereocenters. The maximum Gasteiger partial charge on any atom is 0.573 e. The summed E-state index contributed by atoms with van der Waals surface area (Å²) in [5.74, 6) is 0.440. The summed E-state index contributed by atoms with van der Waals surface area (Å²) in [6, 6.07) is 11.6. The van der Waals surface area contributed by atoms with Gasteiger partial charge in [0.05, 0.1) is 7.11 Å². The zero-order valence-corrected chi connectivity index (χ0v) is 20.6. The lowest BCUT2D eigenvalue weighted by Crippen LogP contribution is -2.59. The number of alkyl halides is 3. The van der Waals surface area contributed by atoms with Gasteiger partial charge >= 0.3 is 12.4 Å². The number of hydrogen-bond donors (Lipinski definition) is 2. The van der Waals surface area contributed by atoms with Gasteiger partial charge in [-0.25, -0.2) is 4.79 Å². The first-order chi connectivity index (χ1) is 17.6. The Kier molecular flexibility index (Phi) is 6.68. The molecule has 1 aliphatic heterocycles. The predicted octanol–water partition coefficient (Wildman–Crippen LogP) is 4.93. The summed E-state index contributed by atoms with van der Waals surface area (Å²) in [5.41, 5.74) is 2.44. The number of rotatable bonds is 6. The van der Waals surface area contributed by atoms with Gasteiger partial charge < -0.3 is 25.0 Å². The molecule has 1 spiro atoms. The first kappa shape index (κ1) is 25.2. The van der Waals surface area contributed by atoms with E-state index < -0.39 is 6.36 Å². The van der Waals surface area contributed by atoms with E-state index in [1.54, 1.807) is 18.1 Å². The average Bonchev–Trinajstić information content (AvgIpc) is 2.81. The van der Waals surface area contributed by atoms with Crippen molar-refractivity contribution >= 4 is 17.6 Å². The van der Waals surface area contributed by atoms with Crippen molar-refractivity contribution in [2.24, 2.45) is 11.3 Å². The lowest BCUT2D eigenvalue weighted by molar-refractivity contribution is -0.274. The van der Waals surface area contributed by atoms with E-state index in [0.717, 1.165) is 37.0 Å². The number of methoxy groups -OCH3 is 1. The highest BCUT2D eigenvalue weighted by molar-refractivity contribution is 5.97. The third-order valence-electron chi connectivity index (χ3n) is 7.68. The van der Waals surface area contributed by atoms with E-state index in [1.807, 2.05) is 24.3 Å². The molecule has 0 radical (unpaired) electrons. The summed E-state index contributed by atoms with van der Waals surface area (Å²) in [4.78, 5) is 27.2. The maximum absolute atomic E-state index is 13.2. The third kappa shape index (κ3) is 5.62. The molecule has 2 aromatic carbocycles. The Morgan fingerprint density at radius 1 is 1.05 bits per heavy atom. The number of carbonyl (C=O) groups excluding carboxylic acids is 2. The first-order valence-electron chi connectivity index (χ1n) is 12.5. The van der Waals surface area contributed by atoms with Gasteiger partial charge in [0, 0.05) is 30.7 Å². The number of nitrogens with zero attached hydrogens (tertiary/aromatic N) is 1. The predicted molar refractivity (Wildman–Crippen MR) is 130 cm³/mol. The lowest BCUT2D eigenvalue weighted by Gasteiger charge is -2.57. The van der Waals surface area contributed by atoms with Crippen LogP contribution in [0.3, 0.4) is 0 Å². The van der Waals surface area contributed by atoms with Crippen molar-refractivity contribution in [3.8, 4) is 11.5 Å². The molecule has 2 N–H and O–H groups in total. The van der Waals surface area contributed by atoms with E-state index in [1.165, 1.54) is 12.1 Å². The minimum absolute atomic E-state index is 0.0321. The van der Waals surface area contributed by atoms with Gasteiger partial charge in [-0.2, -0.15) is 0 Å². The second kappa shape index (κ2) is 9.79. The van der Waals surface area contributed by atoms with Crippen molar-refractivity contribution in [3.63, 3.8) is 0 Å². The minimum Gasteiger partial charge on any atom is -0.497 e. The molecule has 0 aromatic heterocycles. The van der Waals surface area contributed by atoms with Gasteiger partial charge in [0.25, 0.3) is 0 Å². The SMILES string of the molecule is COc1ccc(CNC(=O)NC2CC3(C2)CC(C(=O)N2CCCc4cc(OC(F)(F)F)ccc42)C3)cc1. The lowest BCUT2D eigenvalue weighted by atomic mass is 9.49. The number of aryl methyl sites for hydroxylation is 1. The van der Waals surface area contributed by atoms with Crippen LogP contribution in [-0.4, -0.2) is 38.0 Å². The molecule has 1 heterocycles. The monoisotopic (exact) mass is 517 g/mol. The second-order valence-corrected chi connectivity index (χ2v) is 10.3. The smallest absolute Gasteiger partial charge is 0.497 e. The van der Waals surface area contributed by atoms with Crippen LogP contribution in [0.2, 0.25) is 0 Å². The summed E-state index contributed by atoms with van der Waals surface area (Å²) < 4.78 is 46.9. The van der Waals surface area contributed by atoms with Gasteiger partial charge in [0.1, 0.15) is 11.5 Å². The molecule has 3 aliphatic rings. The third-order valence-corrected chi connectivity index (χ3v) is 7.68. The van der Waals surface area contributed by atoms with E-state index >= 15 is 0 Å². The summed E-state index contributed by atoms with van der Waals surface area (Å²) in [6.45, 7) is 0.985. The van der Waals surface area contributed by atoms with Crippen molar-refractivity contribution in [2.45, 2.75) is 57.5 Å². The number of urea groups is 1. The molecule has 2 aliphatic carbocycles. The van der Waals surface area contributed by atoms with E-state index in [4.69, 9.17) is 4.74 Å². The van der Waals surface area contributed by atoms with Gasteiger partial charge in [-0.15, -0.1) is 13.2 Å². The Balaban J connectivity index is 1.08. The van der Waals surface area contributed by atoms with Crippen LogP contribution in [0.1, 0.15) is 43.2 Å². The van der Waals surface area contributed by atoms with Crippen molar-refractivity contribution in [3.05, 3.63) is 53.6 Å². The summed E-state index contributed by atoms with van der Waals surface area (Å²) >= 11 is 0. The van der Waals surface area contributed by atoms with Crippen LogP contribution in [0.25, 0.3) is 0 Å². The molecular formula is C27H30F3N3O4. The van der Waals surface area contributed by atoms with Crippen LogP contribution in [-0.2, 0) is 17.8 Å². The Bertz CT molecular complexity index is 1150. The molecule has 2 fully saturated rings. The average molecular weight is 518 g/mol. The fraction of sp³-hybridized carbons (Fsp3) is 0.481. The van der Waals surface area contributed by atoms with Gasteiger partial charge in [0.15, 0.2) is 0 Å². The fourth-order valence-corrected chi connectivity index (χ4v) is 5.96. The van der Waals surface area contributed by atoms with E-state index in [9.17, 15) is 22.8 Å². The summed E-state index contributed by atoms with van der Waals surface area (Å²) in [6.07, 6.45) is -0.189. The molecule has 2 aromatic rings. The van der Waals surface area contributed by atoms with Gasteiger partial charge in [0.2, 0.25) is 5.91 Å². The van der Waals surface area contributed by atoms with Crippen LogP contribution >= 0.6 is 0 Å². The second-order valence-electron chi connectivity index (χ2n) is 10.3. The number of carbonyl (C=O) groups is 2. The highest BCUT2D eigenvalue weighted by Crippen LogP contribution is 2.59. The molecule has 2 saturated carbocycles. The number of halogens is 3. The molecule has 5 rings (SSSR count).